The SMILES string of the molecule is CCCCC(=O)Nc1ccc(N2CCN(C(=O)c3ccccc3C)CC2)c(Cl)c1. The number of carbonyl (C=O) groups is 2. The van der Waals surface area contributed by atoms with Crippen molar-refractivity contribution in [2.24, 2.45) is 0 Å². The Morgan fingerprint density at radius 1 is 1.07 bits per heavy atom. The molecular formula is C23H28ClN3O2. The zero-order chi connectivity index (χ0) is 20.8. The van der Waals surface area contributed by atoms with Crippen LogP contribution in [-0.4, -0.2) is 42.9 Å². The number of nitrogens with one attached hydrogen (secondary N) is 1. The highest BCUT2D eigenvalue weighted by Crippen LogP contribution is 2.30. The standard InChI is InChI=1S/C23H28ClN3O2/c1-3-4-9-22(28)25-18-10-11-21(20(24)16-18)26-12-14-27(15-13-26)23(29)19-8-6-5-7-17(19)2/h5-8,10-11,16H,3-4,9,12-15H2,1-2H3,(H,25,28). The molecule has 1 aliphatic rings. The molecule has 0 bridgehead atoms. The number of hydrogen-bond donors (Lipinski definition) is 1. The van der Waals surface area contributed by atoms with E-state index in [-0.39, 0.29) is 11.8 Å². The van der Waals surface area contributed by atoms with Gasteiger partial charge >= 0.3 is 0 Å². The smallest absolute Gasteiger partial charge is 0.254 e. The molecule has 5 nitrogen and oxygen atoms in total. The van der Waals surface area contributed by atoms with Crippen molar-refractivity contribution in [3.63, 3.8) is 0 Å². The molecule has 1 fully saturated rings. The van der Waals surface area contributed by atoms with E-state index >= 15 is 0 Å². The number of carbonyl (C=O) groups excluding carboxylic acids is 2. The van der Waals surface area contributed by atoms with Gasteiger partial charge in [0.15, 0.2) is 0 Å². The second kappa shape index (κ2) is 9.79. The molecule has 2 aromatic carbocycles. The molecule has 1 aliphatic heterocycles. The van der Waals surface area contributed by atoms with E-state index in [4.69, 9.17) is 11.6 Å². The molecular weight excluding hydrogens is 386 g/mol. The normalized spacial score (nSPS) is 14.0. The average molecular weight is 414 g/mol. The summed E-state index contributed by atoms with van der Waals surface area (Å²) in [6, 6.07) is 13.3. The third-order valence-corrected chi connectivity index (χ3v) is 5.57. The minimum Gasteiger partial charge on any atom is -0.367 e. The Labute approximate surface area is 177 Å². The van der Waals surface area contributed by atoms with Gasteiger partial charge in [-0.25, -0.2) is 0 Å². The molecule has 6 heteroatoms. The predicted octanol–water partition coefficient (Wildman–Crippen LogP) is 4.74. The van der Waals surface area contributed by atoms with E-state index in [0.29, 0.717) is 30.2 Å². The van der Waals surface area contributed by atoms with Gasteiger partial charge < -0.3 is 15.1 Å². The number of nitrogens with zero attached hydrogens (tertiary/aromatic N) is 2. The third kappa shape index (κ3) is 5.30. The fraction of sp³-hybridized carbons (Fsp3) is 0.391. The van der Waals surface area contributed by atoms with Crippen LogP contribution in [-0.2, 0) is 4.79 Å². The molecule has 2 aromatic rings. The molecule has 1 N–H and O–H groups in total. The van der Waals surface area contributed by atoms with E-state index < -0.39 is 0 Å². The van der Waals surface area contributed by atoms with Crippen molar-refractivity contribution in [1.29, 1.82) is 0 Å². The first-order valence-electron chi connectivity index (χ1n) is 10.2. The average Bonchev–Trinajstić information content (AvgIpc) is 2.72. The molecule has 2 amide bonds. The van der Waals surface area contributed by atoms with Gasteiger partial charge in [0, 0.05) is 43.9 Å². The van der Waals surface area contributed by atoms with Gasteiger partial charge in [-0.3, -0.25) is 9.59 Å². The van der Waals surface area contributed by atoms with Crippen LogP contribution in [0.15, 0.2) is 42.5 Å². The van der Waals surface area contributed by atoms with Crippen molar-refractivity contribution in [2.45, 2.75) is 33.1 Å². The number of unbranched alkanes of at least 4 members (excludes halogenated alkanes) is 1. The molecule has 0 aliphatic carbocycles. The Hall–Kier alpha value is -2.53. The van der Waals surface area contributed by atoms with Crippen molar-refractivity contribution in [3.8, 4) is 0 Å². The van der Waals surface area contributed by atoms with Crippen LogP contribution in [0.3, 0.4) is 0 Å². The van der Waals surface area contributed by atoms with Crippen LogP contribution in [0.25, 0.3) is 0 Å². The van der Waals surface area contributed by atoms with Gasteiger partial charge in [-0.15, -0.1) is 0 Å². The van der Waals surface area contributed by atoms with Gasteiger partial charge in [0.05, 0.1) is 10.7 Å². The van der Waals surface area contributed by atoms with E-state index in [1.807, 2.05) is 48.2 Å². The van der Waals surface area contributed by atoms with Crippen LogP contribution in [0.2, 0.25) is 5.02 Å². The molecule has 0 radical (unpaired) electrons. The molecule has 0 saturated carbocycles. The molecule has 1 saturated heterocycles. The largest absolute Gasteiger partial charge is 0.367 e. The summed E-state index contributed by atoms with van der Waals surface area (Å²) in [5.74, 6) is 0.0954. The number of rotatable bonds is 6. The summed E-state index contributed by atoms with van der Waals surface area (Å²) in [6.45, 7) is 6.77. The minimum atomic E-state index is 0.0130. The quantitative estimate of drug-likeness (QED) is 0.744. The lowest BCUT2D eigenvalue weighted by atomic mass is 10.1. The second-order valence-corrected chi connectivity index (χ2v) is 7.82. The number of anilines is 2. The number of benzene rings is 2. The Bertz CT molecular complexity index is 876. The Balaban J connectivity index is 1.60. The Morgan fingerprint density at radius 2 is 1.79 bits per heavy atom. The summed E-state index contributed by atoms with van der Waals surface area (Å²) in [5.41, 5.74) is 3.41. The van der Waals surface area contributed by atoms with Crippen molar-refractivity contribution in [3.05, 3.63) is 58.6 Å². The monoisotopic (exact) mass is 413 g/mol. The van der Waals surface area contributed by atoms with Gasteiger partial charge in [0.25, 0.3) is 5.91 Å². The second-order valence-electron chi connectivity index (χ2n) is 7.41. The Kier molecular flexibility index (Phi) is 7.15. The van der Waals surface area contributed by atoms with Gasteiger partial charge in [0.2, 0.25) is 5.91 Å². The van der Waals surface area contributed by atoms with Crippen LogP contribution in [0.1, 0.15) is 42.1 Å². The summed E-state index contributed by atoms with van der Waals surface area (Å²) in [7, 11) is 0. The van der Waals surface area contributed by atoms with Crippen LogP contribution in [0.5, 0.6) is 0 Å². The van der Waals surface area contributed by atoms with E-state index in [2.05, 4.69) is 17.1 Å². The summed E-state index contributed by atoms with van der Waals surface area (Å²) in [5, 5.41) is 3.51. The topological polar surface area (TPSA) is 52.7 Å². The van der Waals surface area contributed by atoms with Gasteiger partial charge in [0.1, 0.15) is 0 Å². The maximum absolute atomic E-state index is 12.8. The summed E-state index contributed by atoms with van der Waals surface area (Å²) < 4.78 is 0. The fourth-order valence-electron chi connectivity index (χ4n) is 3.54. The molecule has 29 heavy (non-hydrogen) atoms. The maximum Gasteiger partial charge on any atom is 0.254 e. The van der Waals surface area contributed by atoms with Crippen molar-refractivity contribution < 1.29 is 9.59 Å². The molecule has 0 spiro atoms. The van der Waals surface area contributed by atoms with Crippen LogP contribution in [0.4, 0.5) is 11.4 Å². The fourth-order valence-corrected chi connectivity index (χ4v) is 3.84. The first-order chi connectivity index (χ1) is 14.0. The van der Waals surface area contributed by atoms with Crippen LogP contribution < -0.4 is 10.2 Å². The van der Waals surface area contributed by atoms with E-state index in [0.717, 1.165) is 42.7 Å². The number of halogens is 1. The van der Waals surface area contributed by atoms with Gasteiger partial charge in [-0.1, -0.05) is 43.1 Å². The highest BCUT2D eigenvalue weighted by Gasteiger charge is 2.24. The maximum atomic E-state index is 12.8. The Morgan fingerprint density at radius 3 is 2.45 bits per heavy atom. The summed E-state index contributed by atoms with van der Waals surface area (Å²) in [6.07, 6.45) is 2.39. The van der Waals surface area contributed by atoms with Crippen molar-refractivity contribution in [2.75, 3.05) is 36.4 Å². The summed E-state index contributed by atoms with van der Waals surface area (Å²) in [4.78, 5) is 28.8. The van der Waals surface area contributed by atoms with Gasteiger partial charge in [-0.2, -0.15) is 0 Å². The molecule has 1 heterocycles. The number of aryl methyl sites for hydroxylation is 1. The first kappa shape index (κ1) is 21.2. The third-order valence-electron chi connectivity index (χ3n) is 5.27. The molecule has 3 rings (SSSR count). The van der Waals surface area contributed by atoms with E-state index in [1.165, 1.54) is 0 Å². The lowest BCUT2D eigenvalue weighted by Crippen LogP contribution is -2.49. The number of amides is 2. The number of hydrogen-bond acceptors (Lipinski definition) is 3. The highest BCUT2D eigenvalue weighted by atomic mass is 35.5. The van der Waals surface area contributed by atoms with Crippen molar-refractivity contribution in [1.82, 2.24) is 4.90 Å². The minimum absolute atomic E-state index is 0.0130. The van der Waals surface area contributed by atoms with E-state index in [9.17, 15) is 9.59 Å². The van der Waals surface area contributed by atoms with Crippen molar-refractivity contribution >= 4 is 34.8 Å². The molecule has 0 atom stereocenters. The molecule has 0 aromatic heterocycles. The first-order valence-corrected chi connectivity index (χ1v) is 10.6. The predicted molar refractivity (Wildman–Crippen MR) is 119 cm³/mol. The van der Waals surface area contributed by atoms with Crippen LogP contribution >= 0.6 is 11.6 Å². The molecule has 0 unspecified atom stereocenters. The lowest BCUT2D eigenvalue weighted by molar-refractivity contribution is -0.116. The highest BCUT2D eigenvalue weighted by molar-refractivity contribution is 6.33. The zero-order valence-corrected chi connectivity index (χ0v) is 17.8. The lowest BCUT2D eigenvalue weighted by Gasteiger charge is -2.36. The van der Waals surface area contributed by atoms with Gasteiger partial charge in [-0.05, 0) is 43.2 Å². The number of piperazine rings is 1. The summed E-state index contributed by atoms with van der Waals surface area (Å²) >= 11 is 6.49. The molecule has 154 valence electrons. The van der Waals surface area contributed by atoms with E-state index in [1.54, 1.807) is 6.07 Å². The zero-order valence-electron chi connectivity index (χ0n) is 17.1. The van der Waals surface area contributed by atoms with Crippen LogP contribution in [0, 0.1) is 6.92 Å².